The van der Waals surface area contributed by atoms with Crippen LogP contribution in [0.25, 0.3) is 0 Å². The van der Waals surface area contributed by atoms with Crippen molar-refractivity contribution in [1.29, 1.82) is 0 Å². The van der Waals surface area contributed by atoms with Crippen LogP contribution < -0.4 is 9.80 Å². The SMILES string of the molecule is O=C1C2(CCCC13COC(c1ccc(N4CCOCC4)cc1)OC3)COC(c1ccc(N3CCOCC3)cc1)OC2. The van der Waals surface area contributed by atoms with Crippen molar-refractivity contribution in [3.05, 3.63) is 59.7 Å². The topological polar surface area (TPSA) is 78.9 Å². The number of ether oxygens (including phenoxy) is 6. The first-order chi connectivity index (χ1) is 20.1. The molecule has 0 amide bonds. The Hall–Kier alpha value is -2.53. The number of morpholine rings is 2. The van der Waals surface area contributed by atoms with Crippen LogP contribution in [0, 0.1) is 10.8 Å². The van der Waals surface area contributed by atoms with Gasteiger partial charge >= 0.3 is 0 Å². The van der Waals surface area contributed by atoms with Crippen LogP contribution in [-0.4, -0.2) is 84.8 Å². The quantitative estimate of drug-likeness (QED) is 0.550. The second-order valence-corrected chi connectivity index (χ2v) is 12.0. The molecule has 0 unspecified atom stereocenters. The van der Waals surface area contributed by atoms with Crippen molar-refractivity contribution in [3.8, 4) is 0 Å². The Kier molecular flexibility index (Phi) is 7.75. The summed E-state index contributed by atoms with van der Waals surface area (Å²) in [6, 6.07) is 16.7. The van der Waals surface area contributed by atoms with Gasteiger partial charge in [0, 0.05) is 48.7 Å². The first kappa shape index (κ1) is 27.3. The van der Waals surface area contributed by atoms with Gasteiger partial charge in [0.2, 0.25) is 0 Å². The largest absolute Gasteiger partial charge is 0.378 e. The number of anilines is 2. The van der Waals surface area contributed by atoms with E-state index in [1.807, 2.05) is 0 Å². The Morgan fingerprint density at radius 3 is 1.29 bits per heavy atom. The Bertz CT molecular complexity index is 1080. The Balaban J connectivity index is 0.958. The van der Waals surface area contributed by atoms with E-state index in [1.54, 1.807) is 0 Å². The molecule has 5 aliphatic rings. The summed E-state index contributed by atoms with van der Waals surface area (Å²) in [7, 11) is 0. The molecule has 2 spiro atoms. The molecule has 9 nitrogen and oxygen atoms in total. The molecular weight excluding hydrogens is 524 g/mol. The number of rotatable bonds is 4. The zero-order chi connectivity index (χ0) is 27.7. The minimum absolute atomic E-state index is 0.165. The van der Waals surface area contributed by atoms with Gasteiger partial charge in [0.15, 0.2) is 18.4 Å². The van der Waals surface area contributed by atoms with Crippen LogP contribution in [0.15, 0.2) is 48.5 Å². The first-order valence-electron chi connectivity index (χ1n) is 15.0. The number of benzene rings is 2. The maximum absolute atomic E-state index is 14.1. The highest BCUT2D eigenvalue weighted by Gasteiger charge is 2.57. The van der Waals surface area contributed by atoms with Crippen LogP contribution in [0.1, 0.15) is 43.0 Å². The molecule has 0 aromatic heterocycles. The van der Waals surface area contributed by atoms with E-state index in [1.165, 1.54) is 11.4 Å². The van der Waals surface area contributed by atoms with Gasteiger partial charge in [-0.1, -0.05) is 30.7 Å². The van der Waals surface area contributed by atoms with Gasteiger partial charge in [-0.15, -0.1) is 0 Å². The van der Waals surface area contributed by atoms with E-state index in [2.05, 4.69) is 58.3 Å². The normalized spacial score (nSPS) is 32.9. The molecule has 9 heteroatoms. The van der Waals surface area contributed by atoms with E-state index in [0.29, 0.717) is 26.4 Å². The second kappa shape index (κ2) is 11.6. The summed E-state index contributed by atoms with van der Waals surface area (Å²) < 4.78 is 35.8. The maximum atomic E-state index is 14.1. The first-order valence-corrected chi connectivity index (χ1v) is 15.0. The Labute approximate surface area is 241 Å². The van der Waals surface area contributed by atoms with E-state index < -0.39 is 23.4 Å². The Morgan fingerprint density at radius 2 is 0.927 bits per heavy atom. The van der Waals surface area contributed by atoms with E-state index in [9.17, 15) is 4.79 Å². The third kappa shape index (κ3) is 5.40. The molecule has 2 aromatic carbocycles. The van der Waals surface area contributed by atoms with Crippen molar-refractivity contribution in [3.63, 3.8) is 0 Å². The predicted octanol–water partition coefficient (Wildman–Crippen LogP) is 3.88. The summed E-state index contributed by atoms with van der Waals surface area (Å²) >= 11 is 0. The predicted molar refractivity (Wildman–Crippen MR) is 152 cm³/mol. The Morgan fingerprint density at radius 1 is 0.561 bits per heavy atom. The molecule has 41 heavy (non-hydrogen) atoms. The average molecular weight is 565 g/mol. The van der Waals surface area contributed by atoms with Crippen LogP contribution in [0.4, 0.5) is 11.4 Å². The third-order valence-electron chi connectivity index (χ3n) is 9.40. The molecule has 0 atom stereocenters. The van der Waals surface area contributed by atoms with Crippen LogP contribution in [0.5, 0.6) is 0 Å². The van der Waals surface area contributed by atoms with Crippen molar-refractivity contribution < 1.29 is 33.2 Å². The van der Waals surface area contributed by atoms with Crippen LogP contribution >= 0.6 is 0 Å². The lowest BCUT2D eigenvalue weighted by atomic mass is 9.61. The van der Waals surface area contributed by atoms with E-state index in [4.69, 9.17) is 28.4 Å². The van der Waals surface area contributed by atoms with E-state index >= 15 is 0 Å². The number of Topliss-reactive ketones (excluding diaryl/α,β-unsaturated/α-hetero) is 1. The van der Waals surface area contributed by atoms with Gasteiger partial charge in [-0.05, 0) is 37.1 Å². The fourth-order valence-electron chi connectivity index (χ4n) is 6.94. The van der Waals surface area contributed by atoms with Gasteiger partial charge in [0.05, 0.1) is 63.7 Å². The monoisotopic (exact) mass is 564 g/mol. The molecule has 0 radical (unpaired) electrons. The molecule has 4 aliphatic heterocycles. The highest BCUT2D eigenvalue weighted by molar-refractivity contribution is 5.92. The lowest BCUT2D eigenvalue weighted by molar-refractivity contribution is -0.261. The number of ketones is 1. The highest BCUT2D eigenvalue weighted by atomic mass is 16.7. The molecule has 5 fully saturated rings. The lowest BCUT2D eigenvalue weighted by Crippen LogP contribution is -2.58. The number of hydrogen-bond acceptors (Lipinski definition) is 9. The van der Waals surface area contributed by atoms with Crippen molar-refractivity contribution in [2.24, 2.45) is 10.8 Å². The molecule has 2 aromatic rings. The average Bonchev–Trinajstić information content (AvgIpc) is 3.06. The van der Waals surface area contributed by atoms with Gasteiger partial charge in [-0.2, -0.15) is 0 Å². The smallest absolute Gasteiger partial charge is 0.183 e. The van der Waals surface area contributed by atoms with Crippen LogP contribution in [0.3, 0.4) is 0 Å². The highest BCUT2D eigenvalue weighted by Crippen LogP contribution is 2.49. The molecule has 1 aliphatic carbocycles. The number of carbonyl (C=O) groups excluding carboxylic acids is 1. The van der Waals surface area contributed by atoms with Gasteiger partial charge in [-0.3, -0.25) is 4.79 Å². The summed E-state index contributed by atoms with van der Waals surface area (Å²) in [6.07, 6.45) is 1.52. The number of nitrogens with zero attached hydrogens (tertiary/aromatic N) is 2. The third-order valence-corrected chi connectivity index (χ3v) is 9.40. The molecule has 7 rings (SSSR count). The maximum Gasteiger partial charge on any atom is 0.183 e. The van der Waals surface area contributed by atoms with Crippen LogP contribution in [-0.2, 0) is 33.2 Å². The van der Waals surface area contributed by atoms with Crippen LogP contribution in [0.2, 0.25) is 0 Å². The molecule has 4 heterocycles. The molecule has 220 valence electrons. The number of hydrogen-bond donors (Lipinski definition) is 0. The molecule has 0 N–H and O–H groups in total. The summed E-state index contributed by atoms with van der Waals surface area (Å²) in [5.41, 5.74) is 3.00. The summed E-state index contributed by atoms with van der Waals surface area (Å²) in [5.74, 6) is 0.165. The van der Waals surface area contributed by atoms with Gasteiger partial charge in [0.25, 0.3) is 0 Å². The molecular formula is C32H40N2O7. The molecule has 4 saturated heterocycles. The van der Waals surface area contributed by atoms with Gasteiger partial charge in [0.1, 0.15) is 0 Å². The fourth-order valence-corrected chi connectivity index (χ4v) is 6.94. The van der Waals surface area contributed by atoms with Crippen molar-refractivity contribution in [2.75, 3.05) is 88.8 Å². The van der Waals surface area contributed by atoms with Gasteiger partial charge in [-0.25, -0.2) is 0 Å². The molecule has 0 bridgehead atoms. The second-order valence-electron chi connectivity index (χ2n) is 12.0. The number of carbonyl (C=O) groups is 1. The van der Waals surface area contributed by atoms with Gasteiger partial charge < -0.3 is 38.2 Å². The summed E-state index contributed by atoms with van der Waals surface area (Å²) in [5, 5.41) is 0. The lowest BCUT2D eigenvalue weighted by Gasteiger charge is -2.50. The van der Waals surface area contributed by atoms with E-state index in [0.717, 1.165) is 83.0 Å². The zero-order valence-corrected chi connectivity index (χ0v) is 23.6. The molecule has 1 saturated carbocycles. The summed E-state index contributed by atoms with van der Waals surface area (Å²) in [6.45, 7) is 8.06. The fraction of sp³-hybridized carbons (Fsp3) is 0.594. The van der Waals surface area contributed by atoms with Crippen molar-refractivity contribution in [1.82, 2.24) is 0 Å². The van der Waals surface area contributed by atoms with E-state index in [-0.39, 0.29) is 5.78 Å². The standard InChI is InChI=1S/C32H40N2O7/c35-30-31(20-38-28(39-21-31)24-2-6-26(7-3-24)33-12-16-36-17-13-33)10-1-11-32(30)22-40-29(41-23-32)25-4-8-27(9-5-25)34-14-18-37-19-15-34/h2-9,28-29H,1,10-23H2. The zero-order valence-electron chi connectivity index (χ0n) is 23.6. The minimum atomic E-state index is -0.651. The van der Waals surface area contributed by atoms with Crippen molar-refractivity contribution in [2.45, 2.75) is 31.8 Å². The van der Waals surface area contributed by atoms with Crippen molar-refractivity contribution >= 4 is 17.2 Å². The minimum Gasteiger partial charge on any atom is -0.378 e. The summed E-state index contributed by atoms with van der Waals surface area (Å²) in [4.78, 5) is 18.7.